The summed E-state index contributed by atoms with van der Waals surface area (Å²) in [6.07, 6.45) is -3.08. The van der Waals surface area contributed by atoms with Crippen molar-refractivity contribution in [1.29, 1.82) is 0 Å². The number of benzene rings is 1. The lowest BCUT2D eigenvalue weighted by Gasteiger charge is -2.24. The number of hydrogen-bond donors (Lipinski definition) is 1. The molecule has 3 unspecified atom stereocenters. The Morgan fingerprint density at radius 1 is 1.27 bits per heavy atom. The zero-order chi connectivity index (χ0) is 22.1. The molecule has 0 aliphatic carbocycles. The zero-order valence-corrected chi connectivity index (χ0v) is 16.3. The van der Waals surface area contributed by atoms with Gasteiger partial charge in [0.2, 0.25) is 0 Å². The van der Waals surface area contributed by atoms with Crippen molar-refractivity contribution in [1.82, 2.24) is 10.3 Å². The van der Waals surface area contributed by atoms with E-state index in [1.165, 1.54) is 31.3 Å². The molecule has 1 aromatic rings. The Kier molecular flexibility index (Phi) is 5.96. The van der Waals surface area contributed by atoms with Crippen LogP contribution in [0.2, 0.25) is 0 Å². The Balaban J connectivity index is 1.64. The minimum atomic E-state index is -0.962. The van der Waals surface area contributed by atoms with Crippen LogP contribution in [0.5, 0.6) is 0 Å². The molecule has 13 heteroatoms. The molecular weight excluding hydrogens is 404 g/mol. The summed E-state index contributed by atoms with van der Waals surface area (Å²) in [5, 5.41) is 16.2. The number of non-ortho nitro benzene ring substituents is 1. The molecule has 2 saturated heterocycles. The minimum Gasteiger partial charge on any atom is -0.459 e. The fourth-order valence-electron chi connectivity index (χ4n) is 3.14. The van der Waals surface area contributed by atoms with Crippen LogP contribution in [0.15, 0.2) is 29.6 Å². The fourth-order valence-corrected chi connectivity index (χ4v) is 3.14. The molecule has 0 bridgehead atoms. The number of nitroso groups, excluding NO2 is 1. The molecule has 13 nitrogen and oxygen atoms in total. The third kappa shape index (κ3) is 4.53. The second-order valence-corrected chi connectivity index (χ2v) is 7.12. The highest BCUT2D eigenvalue weighted by Gasteiger charge is 2.56. The van der Waals surface area contributed by atoms with Crippen LogP contribution in [-0.2, 0) is 18.9 Å². The number of esters is 1. The van der Waals surface area contributed by atoms with E-state index in [0.717, 1.165) is 0 Å². The number of nitro benzene ring substituents is 1. The van der Waals surface area contributed by atoms with E-state index in [0.29, 0.717) is 5.01 Å². The number of hydrogen-bond acceptors (Lipinski definition) is 10. The van der Waals surface area contributed by atoms with Gasteiger partial charge in [0.1, 0.15) is 24.9 Å². The standard InChI is InChI=1S/C17H20N4O9/c1-17(2)29-12-11(28-14(13(12)30-17)18-16(23)20(3)19-24)8-27-15(22)9-4-6-10(7-5-9)21(25)26/h4-7,11-14H,8H2,1-3H3,(H,18,23)/t11-,12?,13?,14?/m1/s1. The van der Waals surface area contributed by atoms with Gasteiger partial charge < -0.3 is 24.3 Å². The number of nitrogens with zero attached hydrogens (tertiary/aromatic N) is 3. The van der Waals surface area contributed by atoms with E-state index in [1.54, 1.807) is 13.8 Å². The van der Waals surface area contributed by atoms with Gasteiger partial charge in [0.15, 0.2) is 12.0 Å². The molecule has 2 amide bonds. The monoisotopic (exact) mass is 424 g/mol. The Hall–Kier alpha value is -3.16. The molecule has 0 spiro atoms. The van der Waals surface area contributed by atoms with Gasteiger partial charge in [-0.15, -0.1) is 4.91 Å². The first-order valence-corrected chi connectivity index (χ1v) is 8.91. The largest absolute Gasteiger partial charge is 0.459 e. The molecule has 30 heavy (non-hydrogen) atoms. The summed E-state index contributed by atoms with van der Waals surface area (Å²) in [6, 6.07) is 4.15. The topological polar surface area (TPSA) is 159 Å². The minimum absolute atomic E-state index is 0.127. The first-order valence-electron chi connectivity index (χ1n) is 8.91. The number of nitrogens with one attached hydrogen (secondary N) is 1. The summed E-state index contributed by atoms with van der Waals surface area (Å²) in [7, 11) is 1.17. The number of carbonyl (C=O) groups excluding carboxylic acids is 2. The third-order valence-corrected chi connectivity index (χ3v) is 4.52. The molecule has 0 saturated carbocycles. The summed E-state index contributed by atoms with van der Waals surface area (Å²) in [5.74, 6) is -1.67. The maximum Gasteiger partial charge on any atom is 0.342 e. The van der Waals surface area contributed by atoms with Gasteiger partial charge in [-0.05, 0) is 26.0 Å². The lowest BCUT2D eigenvalue weighted by atomic mass is 10.1. The van der Waals surface area contributed by atoms with Gasteiger partial charge in [-0.2, -0.15) is 5.01 Å². The number of urea groups is 1. The van der Waals surface area contributed by atoms with Crippen molar-refractivity contribution in [3.63, 3.8) is 0 Å². The van der Waals surface area contributed by atoms with E-state index >= 15 is 0 Å². The molecule has 4 atom stereocenters. The predicted octanol–water partition coefficient (Wildman–Crippen LogP) is 1.32. The number of amides is 2. The predicted molar refractivity (Wildman–Crippen MR) is 98.0 cm³/mol. The van der Waals surface area contributed by atoms with Crippen molar-refractivity contribution in [3.05, 3.63) is 44.9 Å². The van der Waals surface area contributed by atoms with Crippen LogP contribution in [0.25, 0.3) is 0 Å². The normalized spacial score (nSPS) is 26.5. The number of ether oxygens (including phenoxy) is 4. The molecule has 3 rings (SSSR count). The quantitative estimate of drug-likeness (QED) is 0.307. The molecule has 2 fully saturated rings. The van der Waals surface area contributed by atoms with Gasteiger partial charge in [-0.3, -0.25) is 10.1 Å². The van der Waals surface area contributed by atoms with Crippen molar-refractivity contribution in [2.45, 2.75) is 44.2 Å². The highest BCUT2D eigenvalue weighted by molar-refractivity contribution is 5.89. The Bertz CT molecular complexity index is 844. The van der Waals surface area contributed by atoms with Crippen molar-refractivity contribution >= 4 is 17.7 Å². The smallest absolute Gasteiger partial charge is 0.342 e. The number of fused-ring (bicyclic) bond motifs is 1. The second-order valence-electron chi connectivity index (χ2n) is 7.12. The highest BCUT2D eigenvalue weighted by atomic mass is 16.8. The van der Waals surface area contributed by atoms with E-state index in [-0.39, 0.29) is 17.9 Å². The molecule has 0 aromatic heterocycles. The highest BCUT2D eigenvalue weighted by Crippen LogP contribution is 2.38. The SMILES string of the molecule is CN(N=O)C(=O)NC1O[C@H](COC(=O)c2ccc([N+](=O)[O-])cc2)C2OC(C)(C)OC12. The molecule has 2 heterocycles. The van der Waals surface area contributed by atoms with Gasteiger partial charge in [-0.1, -0.05) is 0 Å². The van der Waals surface area contributed by atoms with Gasteiger partial charge in [0, 0.05) is 19.2 Å². The average Bonchev–Trinajstić information content (AvgIpc) is 3.18. The molecule has 1 aromatic carbocycles. The lowest BCUT2D eigenvalue weighted by Crippen LogP contribution is -2.47. The Morgan fingerprint density at radius 3 is 2.50 bits per heavy atom. The van der Waals surface area contributed by atoms with E-state index in [2.05, 4.69) is 10.6 Å². The van der Waals surface area contributed by atoms with Crippen molar-refractivity contribution in [3.8, 4) is 0 Å². The van der Waals surface area contributed by atoms with Crippen LogP contribution in [-0.4, -0.2) is 65.9 Å². The first kappa shape index (κ1) is 21.5. The molecule has 2 aliphatic rings. The summed E-state index contributed by atoms with van der Waals surface area (Å²) in [5.41, 5.74) is -0.0248. The van der Waals surface area contributed by atoms with Crippen LogP contribution in [0.3, 0.4) is 0 Å². The zero-order valence-electron chi connectivity index (χ0n) is 16.3. The lowest BCUT2D eigenvalue weighted by molar-refractivity contribution is -0.384. The first-order chi connectivity index (χ1) is 14.1. The van der Waals surface area contributed by atoms with Crippen LogP contribution >= 0.6 is 0 Å². The fraction of sp³-hybridized carbons (Fsp3) is 0.529. The van der Waals surface area contributed by atoms with E-state index < -0.39 is 47.3 Å². The number of rotatable bonds is 6. The second kappa shape index (κ2) is 8.30. The van der Waals surface area contributed by atoms with Gasteiger partial charge in [-0.25, -0.2) is 9.59 Å². The molecule has 2 aliphatic heterocycles. The van der Waals surface area contributed by atoms with E-state index in [9.17, 15) is 24.6 Å². The average molecular weight is 424 g/mol. The van der Waals surface area contributed by atoms with Gasteiger partial charge in [0.25, 0.3) is 5.69 Å². The summed E-state index contributed by atoms with van der Waals surface area (Å²) >= 11 is 0. The summed E-state index contributed by atoms with van der Waals surface area (Å²) in [6.45, 7) is 3.15. The van der Waals surface area contributed by atoms with Crippen LogP contribution in [0.1, 0.15) is 24.2 Å². The van der Waals surface area contributed by atoms with Crippen LogP contribution in [0, 0.1) is 15.0 Å². The van der Waals surface area contributed by atoms with Gasteiger partial charge >= 0.3 is 12.0 Å². The van der Waals surface area contributed by atoms with E-state index in [4.69, 9.17) is 18.9 Å². The maximum atomic E-state index is 12.2. The number of carbonyl (C=O) groups is 2. The Morgan fingerprint density at radius 2 is 1.90 bits per heavy atom. The van der Waals surface area contributed by atoms with Crippen LogP contribution in [0.4, 0.5) is 10.5 Å². The van der Waals surface area contributed by atoms with Gasteiger partial charge in [0.05, 0.1) is 15.8 Å². The molecule has 0 radical (unpaired) electrons. The van der Waals surface area contributed by atoms with Crippen molar-refractivity contribution < 1.29 is 33.5 Å². The molecular formula is C17H20N4O9. The van der Waals surface area contributed by atoms with Crippen molar-refractivity contribution in [2.75, 3.05) is 13.7 Å². The molecule has 162 valence electrons. The number of nitro groups is 1. The van der Waals surface area contributed by atoms with E-state index in [1.807, 2.05) is 0 Å². The van der Waals surface area contributed by atoms with Crippen molar-refractivity contribution in [2.24, 2.45) is 5.29 Å². The summed E-state index contributed by atoms with van der Waals surface area (Å²) < 4.78 is 22.5. The third-order valence-electron chi connectivity index (χ3n) is 4.52. The van der Waals surface area contributed by atoms with Crippen LogP contribution < -0.4 is 5.32 Å². The molecule has 1 N–H and O–H groups in total. The Labute approximate surface area is 170 Å². The summed E-state index contributed by atoms with van der Waals surface area (Å²) in [4.78, 5) is 44.8. The maximum absolute atomic E-state index is 12.2.